The van der Waals surface area contributed by atoms with Gasteiger partial charge < -0.3 is 10.6 Å². The Hall–Kier alpha value is -0.610. The summed E-state index contributed by atoms with van der Waals surface area (Å²) in [5, 5.41) is 1.22. The molecule has 1 saturated carbocycles. The fraction of sp³-hybridized carbons (Fsp3) is 0.786. The summed E-state index contributed by atoms with van der Waals surface area (Å²) in [6, 6.07) is 0.613. The van der Waals surface area contributed by atoms with Crippen LogP contribution in [0.4, 0.5) is 5.13 Å². The monoisotopic (exact) mass is 265 g/mol. The third-order valence-electron chi connectivity index (χ3n) is 4.49. The van der Waals surface area contributed by atoms with Gasteiger partial charge in [-0.15, -0.1) is 11.3 Å². The number of hydrogen-bond acceptors (Lipinski definition) is 4. The summed E-state index contributed by atoms with van der Waals surface area (Å²) in [6.45, 7) is 6.51. The van der Waals surface area contributed by atoms with Gasteiger partial charge in [0.25, 0.3) is 0 Å². The van der Waals surface area contributed by atoms with Gasteiger partial charge in [0.15, 0.2) is 5.13 Å². The molecule has 1 aromatic heterocycles. The molecule has 1 aliphatic carbocycles. The molecule has 3 nitrogen and oxygen atoms in total. The van der Waals surface area contributed by atoms with Crippen molar-refractivity contribution in [3.8, 4) is 0 Å². The van der Waals surface area contributed by atoms with Crippen LogP contribution in [-0.4, -0.2) is 17.6 Å². The van der Waals surface area contributed by atoms with E-state index in [9.17, 15) is 0 Å². The fourth-order valence-electron chi connectivity index (χ4n) is 2.90. The molecule has 1 saturated heterocycles. The van der Waals surface area contributed by atoms with E-state index in [0.717, 1.165) is 12.5 Å². The first-order valence-electron chi connectivity index (χ1n) is 7.17. The molecule has 0 aromatic carbocycles. The van der Waals surface area contributed by atoms with Gasteiger partial charge in [-0.05, 0) is 38.5 Å². The minimum atomic E-state index is 0.613. The second-order valence-electron chi connectivity index (χ2n) is 5.84. The smallest absolute Gasteiger partial charge is 0.186 e. The SMILES string of the molecule is CC1CCCN(c2nc(C3CC3)c(CN)s2)C1C. The van der Waals surface area contributed by atoms with Gasteiger partial charge in [0.2, 0.25) is 0 Å². The average Bonchev–Trinajstić information content (AvgIpc) is 3.13. The van der Waals surface area contributed by atoms with Crippen LogP contribution in [0.1, 0.15) is 56.0 Å². The second kappa shape index (κ2) is 4.82. The van der Waals surface area contributed by atoms with Crippen LogP contribution in [0.3, 0.4) is 0 Å². The number of anilines is 1. The minimum Gasteiger partial charge on any atom is -0.345 e. The summed E-state index contributed by atoms with van der Waals surface area (Å²) < 4.78 is 0. The highest BCUT2D eigenvalue weighted by molar-refractivity contribution is 7.15. The molecule has 2 aliphatic rings. The molecule has 4 heteroatoms. The van der Waals surface area contributed by atoms with E-state index in [1.54, 1.807) is 0 Å². The maximum absolute atomic E-state index is 5.87. The fourth-order valence-corrected chi connectivity index (χ4v) is 4.04. The van der Waals surface area contributed by atoms with Crippen LogP contribution < -0.4 is 10.6 Å². The van der Waals surface area contributed by atoms with Gasteiger partial charge in [0.1, 0.15) is 0 Å². The molecule has 1 aliphatic heterocycles. The van der Waals surface area contributed by atoms with Crippen molar-refractivity contribution in [3.63, 3.8) is 0 Å². The van der Waals surface area contributed by atoms with Crippen LogP contribution in [0.25, 0.3) is 0 Å². The molecule has 0 radical (unpaired) electrons. The van der Waals surface area contributed by atoms with Gasteiger partial charge in [-0.1, -0.05) is 6.92 Å². The van der Waals surface area contributed by atoms with Crippen LogP contribution in [0, 0.1) is 5.92 Å². The quantitative estimate of drug-likeness (QED) is 0.913. The molecule has 1 aromatic rings. The van der Waals surface area contributed by atoms with Crippen molar-refractivity contribution in [2.45, 2.75) is 58.0 Å². The molecular weight excluding hydrogens is 242 g/mol. The van der Waals surface area contributed by atoms with Gasteiger partial charge in [0, 0.05) is 29.9 Å². The molecule has 0 amide bonds. The molecule has 3 rings (SSSR count). The highest BCUT2D eigenvalue weighted by Gasteiger charge is 2.32. The number of thiazole rings is 1. The van der Waals surface area contributed by atoms with Crippen LogP contribution in [0.2, 0.25) is 0 Å². The zero-order valence-corrected chi connectivity index (χ0v) is 12.2. The number of hydrogen-bond donors (Lipinski definition) is 1. The lowest BCUT2D eigenvalue weighted by Gasteiger charge is -2.37. The zero-order chi connectivity index (χ0) is 12.7. The predicted octanol–water partition coefficient (Wildman–Crippen LogP) is 3.10. The van der Waals surface area contributed by atoms with E-state index < -0.39 is 0 Å². The van der Waals surface area contributed by atoms with Crippen LogP contribution in [0.5, 0.6) is 0 Å². The number of nitrogens with zero attached hydrogens (tertiary/aromatic N) is 2. The Morgan fingerprint density at radius 3 is 2.78 bits per heavy atom. The number of nitrogens with two attached hydrogens (primary N) is 1. The lowest BCUT2D eigenvalue weighted by molar-refractivity contribution is 0.363. The van der Waals surface area contributed by atoms with Gasteiger partial charge in [-0.25, -0.2) is 4.98 Å². The zero-order valence-electron chi connectivity index (χ0n) is 11.4. The van der Waals surface area contributed by atoms with Gasteiger partial charge >= 0.3 is 0 Å². The molecule has 2 unspecified atom stereocenters. The first kappa shape index (κ1) is 12.4. The Morgan fingerprint density at radius 1 is 1.33 bits per heavy atom. The van der Waals surface area contributed by atoms with Crippen molar-refractivity contribution in [2.24, 2.45) is 11.7 Å². The normalized spacial score (nSPS) is 28.7. The standard InChI is InChI=1S/C14H23N3S/c1-9-4-3-7-17(10(9)2)14-16-13(11-5-6-11)12(8-15)18-14/h9-11H,3-8,15H2,1-2H3. The van der Waals surface area contributed by atoms with Crippen LogP contribution >= 0.6 is 11.3 Å². The lowest BCUT2D eigenvalue weighted by atomic mass is 9.93. The van der Waals surface area contributed by atoms with Crippen molar-refractivity contribution in [1.82, 2.24) is 4.98 Å². The lowest BCUT2D eigenvalue weighted by Crippen LogP contribution is -2.42. The van der Waals surface area contributed by atoms with Crippen molar-refractivity contribution in [2.75, 3.05) is 11.4 Å². The van der Waals surface area contributed by atoms with E-state index in [1.165, 1.54) is 41.4 Å². The van der Waals surface area contributed by atoms with Crippen molar-refractivity contribution >= 4 is 16.5 Å². The highest BCUT2D eigenvalue weighted by Crippen LogP contribution is 2.44. The molecule has 0 spiro atoms. The van der Waals surface area contributed by atoms with Crippen LogP contribution in [0.15, 0.2) is 0 Å². The third-order valence-corrected chi connectivity index (χ3v) is 5.62. The Kier molecular flexibility index (Phi) is 3.32. The first-order chi connectivity index (χ1) is 8.70. The van der Waals surface area contributed by atoms with E-state index in [2.05, 4.69) is 18.7 Å². The maximum atomic E-state index is 5.87. The molecule has 0 bridgehead atoms. The Labute approximate surface area is 113 Å². The topological polar surface area (TPSA) is 42.2 Å². The van der Waals surface area contributed by atoms with E-state index in [0.29, 0.717) is 18.5 Å². The Morgan fingerprint density at radius 2 is 2.11 bits per heavy atom. The summed E-state index contributed by atoms with van der Waals surface area (Å²) in [6.07, 6.45) is 5.26. The Balaban J connectivity index is 1.86. The van der Waals surface area contributed by atoms with Gasteiger partial charge in [-0.2, -0.15) is 0 Å². The minimum absolute atomic E-state index is 0.613. The van der Waals surface area contributed by atoms with Crippen molar-refractivity contribution < 1.29 is 0 Å². The molecule has 2 atom stereocenters. The molecule has 100 valence electrons. The number of piperidine rings is 1. The van der Waals surface area contributed by atoms with E-state index in [-0.39, 0.29) is 0 Å². The molecule has 2 fully saturated rings. The van der Waals surface area contributed by atoms with E-state index in [4.69, 9.17) is 10.7 Å². The maximum Gasteiger partial charge on any atom is 0.186 e. The molecule has 18 heavy (non-hydrogen) atoms. The van der Waals surface area contributed by atoms with Crippen molar-refractivity contribution in [1.29, 1.82) is 0 Å². The highest BCUT2D eigenvalue weighted by atomic mass is 32.1. The molecule has 2 N–H and O–H groups in total. The Bertz CT molecular complexity index is 425. The number of rotatable bonds is 3. The van der Waals surface area contributed by atoms with E-state index >= 15 is 0 Å². The average molecular weight is 265 g/mol. The second-order valence-corrected chi connectivity index (χ2v) is 6.90. The van der Waals surface area contributed by atoms with E-state index in [1.807, 2.05) is 11.3 Å². The summed E-state index contributed by atoms with van der Waals surface area (Å²) in [4.78, 5) is 8.74. The summed E-state index contributed by atoms with van der Waals surface area (Å²) >= 11 is 1.83. The van der Waals surface area contributed by atoms with Gasteiger partial charge in [0.05, 0.1) is 5.69 Å². The van der Waals surface area contributed by atoms with Crippen LogP contribution in [-0.2, 0) is 6.54 Å². The van der Waals surface area contributed by atoms with Crippen molar-refractivity contribution in [3.05, 3.63) is 10.6 Å². The number of aromatic nitrogens is 1. The summed E-state index contributed by atoms with van der Waals surface area (Å²) in [5.74, 6) is 1.49. The summed E-state index contributed by atoms with van der Waals surface area (Å²) in [7, 11) is 0. The molecular formula is C14H23N3S. The molecule has 2 heterocycles. The largest absolute Gasteiger partial charge is 0.345 e. The summed E-state index contributed by atoms with van der Waals surface area (Å²) in [5.41, 5.74) is 7.18. The first-order valence-corrected chi connectivity index (χ1v) is 7.98. The third kappa shape index (κ3) is 2.16. The van der Waals surface area contributed by atoms with Gasteiger partial charge in [-0.3, -0.25) is 0 Å². The predicted molar refractivity (Wildman–Crippen MR) is 77.2 cm³/mol.